The molecule has 0 fully saturated rings. The topological polar surface area (TPSA) is 92.5 Å². The Hall–Kier alpha value is -3.26. The predicted molar refractivity (Wildman–Crippen MR) is 119 cm³/mol. The van der Waals surface area contributed by atoms with Gasteiger partial charge in [0, 0.05) is 12.1 Å². The monoisotopic (exact) mass is 442 g/mol. The number of hydrogen-bond acceptors (Lipinski definition) is 7. The summed E-state index contributed by atoms with van der Waals surface area (Å²) in [4.78, 5) is 30.1. The molecule has 0 saturated heterocycles. The van der Waals surface area contributed by atoms with Crippen molar-refractivity contribution in [2.75, 3.05) is 40.4 Å². The van der Waals surface area contributed by atoms with Crippen molar-refractivity contribution in [3.05, 3.63) is 59.3 Å². The number of ketones is 1. The number of aliphatic hydroxyl groups excluding tert-OH is 1. The van der Waals surface area contributed by atoms with Gasteiger partial charge in [-0.25, -0.2) is 0 Å². The maximum Gasteiger partial charge on any atom is 0.290 e. The third-order valence-corrected chi connectivity index (χ3v) is 5.79. The minimum Gasteiger partial charge on any atom is -0.503 e. The smallest absolute Gasteiger partial charge is 0.290 e. The second kappa shape index (κ2) is 10.4. The molecule has 1 N–H and O–H groups in total. The molecule has 0 saturated carbocycles. The highest BCUT2D eigenvalue weighted by molar-refractivity contribution is 6.15. The molecule has 1 aromatic carbocycles. The Morgan fingerprint density at radius 1 is 1.19 bits per heavy atom. The summed E-state index contributed by atoms with van der Waals surface area (Å²) in [6.07, 6.45) is 2.07. The van der Waals surface area contributed by atoms with Crippen LogP contribution in [0, 0.1) is 0 Å². The van der Waals surface area contributed by atoms with Gasteiger partial charge in [-0.15, -0.1) is 0 Å². The number of nitrogens with zero attached hydrogens (tertiary/aromatic N) is 2. The van der Waals surface area contributed by atoms with E-state index in [9.17, 15) is 14.7 Å². The summed E-state index contributed by atoms with van der Waals surface area (Å²) in [6, 6.07) is 7.45. The standard InChI is InChI=1S/C24H30N2O6/c1-5-25(6-2)12-8-13-26-21(17-15-16(30-3)10-11-18(17)31-4)20(23(28)24(26)29)22(27)19-9-7-14-32-19/h7,9-11,14-15,21,28H,5-6,8,12-13H2,1-4H3/t21-/m0/s1. The van der Waals surface area contributed by atoms with Gasteiger partial charge in [0.1, 0.15) is 11.5 Å². The molecule has 172 valence electrons. The third kappa shape index (κ3) is 4.50. The first-order valence-corrected chi connectivity index (χ1v) is 10.7. The van der Waals surface area contributed by atoms with Gasteiger partial charge in [0.25, 0.3) is 5.91 Å². The van der Waals surface area contributed by atoms with Crippen LogP contribution in [0.1, 0.15) is 42.4 Å². The summed E-state index contributed by atoms with van der Waals surface area (Å²) in [5.41, 5.74) is 0.529. The Bertz CT molecular complexity index is 978. The summed E-state index contributed by atoms with van der Waals surface area (Å²) in [6.45, 7) is 7.14. The van der Waals surface area contributed by atoms with Crippen LogP contribution < -0.4 is 9.47 Å². The van der Waals surface area contributed by atoms with Crippen LogP contribution in [-0.4, -0.2) is 67.0 Å². The fraction of sp³-hybridized carbons (Fsp3) is 0.417. The number of Topliss-reactive ketones (excluding diaryl/α,β-unsaturated/α-hetero) is 1. The van der Waals surface area contributed by atoms with E-state index < -0.39 is 23.5 Å². The average Bonchev–Trinajstić information content (AvgIpc) is 3.44. The lowest BCUT2D eigenvalue weighted by molar-refractivity contribution is -0.129. The molecule has 32 heavy (non-hydrogen) atoms. The lowest BCUT2D eigenvalue weighted by atomic mass is 9.94. The SMILES string of the molecule is CCN(CC)CCCN1C(=O)C(O)=C(C(=O)c2ccco2)[C@@H]1c1cc(OC)ccc1OC. The minimum absolute atomic E-state index is 0.0284. The summed E-state index contributed by atoms with van der Waals surface area (Å²) >= 11 is 0. The Labute approximate surface area is 188 Å². The summed E-state index contributed by atoms with van der Waals surface area (Å²) in [5.74, 6) is -0.610. The van der Waals surface area contributed by atoms with Crippen LogP contribution in [-0.2, 0) is 4.79 Å². The van der Waals surface area contributed by atoms with Crippen molar-refractivity contribution in [2.45, 2.75) is 26.3 Å². The quantitative estimate of drug-likeness (QED) is 0.532. The van der Waals surface area contributed by atoms with Gasteiger partial charge in [-0.1, -0.05) is 13.8 Å². The van der Waals surface area contributed by atoms with E-state index in [2.05, 4.69) is 18.7 Å². The van der Waals surface area contributed by atoms with E-state index in [0.29, 0.717) is 30.0 Å². The number of aliphatic hydroxyl groups is 1. The Kier molecular flexibility index (Phi) is 7.58. The van der Waals surface area contributed by atoms with Gasteiger partial charge in [0.05, 0.1) is 32.1 Å². The molecule has 0 radical (unpaired) electrons. The molecule has 0 unspecified atom stereocenters. The first kappa shape index (κ1) is 23.4. The van der Waals surface area contributed by atoms with E-state index in [-0.39, 0.29) is 11.3 Å². The van der Waals surface area contributed by atoms with Crippen molar-refractivity contribution in [2.24, 2.45) is 0 Å². The largest absolute Gasteiger partial charge is 0.503 e. The zero-order valence-electron chi connectivity index (χ0n) is 19.0. The molecule has 1 aliphatic rings. The fourth-order valence-electron chi connectivity index (χ4n) is 4.04. The number of ether oxygens (including phenoxy) is 2. The molecular weight excluding hydrogens is 412 g/mol. The fourth-order valence-corrected chi connectivity index (χ4v) is 4.04. The van der Waals surface area contributed by atoms with Gasteiger partial charge in [-0.2, -0.15) is 0 Å². The zero-order valence-corrected chi connectivity index (χ0v) is 19.0. The zero-order chi connectivity index (χ0) is 23.3. The lowest BCUT2D eigenvalue weighted by Gasteiger charge is -2.29. The first-order chi connectivity index (χ1) is 15.5. The van der Waals surface area contributed by atoms with E-state index in [0.717, 1.165) is 19.6 Å². The van der Waals surface area contributed by atoms with Crippen molar-refractivity contribution in [3.63, 3.8) is 0 Å². The van der Waals surface area contributed by atoms with Crippen LogP contribution in [0.25, 0.3) is 0 Å². The Balaban J connectivity index is 2.04. The van der Waals surface area contributed by atoms with E-state index in [1.807, 2.05) is 0 Å². The molecule has 1 atom stereocenters. The number of furan rings is 1. The highest BCUT2D eigenvalue weighted by Gasteiger charge is 2.45. The van der Waals surface area contributed by atoms with E-state index in [4.69, 9.17) is 13.9 Å². The maximum atomic E-state index is 13.3. The molecule has 1 amide bonds. The highest BCUT2D eigenvalue weighted by Crippen LogP contribution is 2.43. The van der Waals surface area contributed by atoms with Crippen molar-refractivity contribution in [3.8, 4) is 11.5 Å². The maximum absolute atomic E-state index is 13.3. The van der Waals surface area contributed by atoms with Gasteiger partial charge in [-0.05, 0) is 56.4 Å². The second-order valence-electron chi connectivity index (χ2n) is 7.46. The summed E-state index contributed by atoms with van der Waals surface area (Å²) < 4.78 is 16.2. The van der Waals surface area contributed by atoms with Crippen molar-refractivity contribution < 1.29 is 28.6 Å². The molecule has 0 aliphatic carbocycles. The molecule has 1 aliphatic heterocycles. The molecule has 1 aromatic heterocycles. The Morgan fingerprint density at radius 2 is 1.94 bits per heavy atom. The van der Waals surface area contributed by atoms with Crippen molar-refractivity contribution >= 4 is 11.7 Å². The molecule has 3 rings (SSSR count). The Morgan fingerprint density at radius 3 is 2.53 bits per heavy atom. The predicted octanol–water partition coefficient (Wildman–Crippen LogP) is 3.61. The van der Waals surface area contributed by atoms with Gasteiger partial charge < -0.3 is 28.8 Å². The molecular formula is C24H30N2O6. The van der Waals surface area contributed by atoms with Crippen LogP contribution >= 0.6 is 0 Å². The van der Waals surface area contributed by atoms with Crippen molar-refractivity contribution in [1.82, 2.24) is 9.80 Å². The number of benzene rings is 1. The second-order valence-corrected chi connectivity index (χ2v) is 7.46. The highest BCUT2D eigenvalue weighted by atomic mass is 16.5. The van der Waals surface area contributed by atoms with Crippen LogP contribution in [0.2, 0.25) is 0 Å². The minimum atomic E-state index is -0.832. The number of carbonyl (C=O) groups is 2. The number of hydrogen-bond donors (Lipinski definition) is 1. The number of amides is 1. The van der Waals surface area contributed by atoms with Crippen molar-refractivity contribution in [1.29, 1.82) is 0 Å². The van der Waals surface area contributed by atoms with Gasteiger partial charge >= 0.3 is 0 Å². The third-order valence-electron chi connectivity index (χ3n) is 5.79. The summed E-state index contributed by atoms with van der Waals surface area (Å²) in [5, 5.41) is 10.8. The lowest BCUT2D eigenvalue weighted by Crippen LogP contribution is -2.34. The number of rotatable bonds is 11. The van der Waals surface area contributed by atoms with E-state index in [1.54, 1.807) is 24.3 Å². The number of carbonyl (C=O) groups excluding carboxylic acids is 2. The van der Waals surface area contributed by atoms with E-state index >= 15 is 0 Å². The van der Waals surface area contributed by atoms with Crippen LogP contribution in [0.4, 0.5) is 0 Å². The average molecular weight is 443 g/mol. The van der Waals surface area contributed by atoms with E-state index in [1.165, 1.54) is 31.4 Å². The molecule has 0 spiro atoms. The van der Waals surface area contributed by atoms with Crippen LogP contribution in [0.3, 0.4) is 0 Å². The molecule has 2 aromatic rings. The normalized spacial score (nSPS) is 16.2. The first-order valence-electron chi connectivity index (χ1n) is 10.7. The number of methoxy groups -OCH3 is 2. The summed E-state index contributed by atoms with van der Waals surface area (Å²) in [7, 11) is 3.06. The molecule has 2 heterocycles. The molecule has 0 bridgehead atoms. The van der Waals surface area contributed by atoms with Gasteiger partial charge in [0.15, 0.2) is 11.5 Å². The van der Waals surface area contributed by atoms with Gasteiger partial charge in [-0.3, -0.25) is 9.59 Å². The molecule has 8 nitrogen and oxygen atoms in total. The van der Waals surface area contributed by atoms with Gasteiger partial charge in [0.2, 0.25) is 5.78 Å². The molecule has 8 heteroatoms. The van der Waals surface area contributed by atoms with Crippen LogP contribution in [0.5, 0.6) is 11.5 Å². The van der Waals surface area contributed by atoms with Crippen LogP contribution in [0.15, 0.2) is 52.3 Å².